The Kier molecular flexibility index (Phi) is 1.93. The monoisotopic (exact) mass is 238 g/mol. The van der Waals surface area contributed by atoms with E-state index in [9.17, 15) is 14.4 Å². The summed E-state index contributed by atoms with van der Waals surface area (Å²) in [6.07, 6.45) is 1.27. The number of hydrogen-bond acceptors (Lipinski definition) is 4. The molecule has 3 rings (SSSR count). The summed E-state index contributed by atoms with van der Waals surface area (Å²) in [5, 5.41) is 0. The quantitative estimate of drug-likeness (QED) is 0.626. The molecule has 6 heteroatoms. The number of primary amides is 1. The summed E-state index contributed by atoms with van der Waals surface area (Å²) >= 11 is 0. The van der Waals surface area contributed by atoms with Gasteiger partial charge >= 0.3 is 0 Å². The Morgan fingerprint density at radius 2 is 2.24 bits per heavy atom. The van der Waals surface area contributed by atoms with Crippen LogP contribution in [-0.2, 0) is 19.1 Å². The zero-order chi connectivity index (χ0) is 12.4. The Labute approximate surface area is 98.1 Å². The van der Waals surface area contributed by atoms with E-state index in [0.29, 0.717) is 0 Å². The number of hydrogen-bond donors (Lipinski definition) is 1. The van der Waals surface area contributed by atoms with E-state index in [-0.39, 0.29) is 30.6 Å². The predicted octanol–water partition coefficient (Wildman–Crippen LogP) is -0.976. The molecular weight excluding hydrogens is 224 g/mol. The lowest BCUT2D eigenvalue weighted by Gasteiger charge is -2.27. The first-order chi connectivity index (χ1) is 7.96. The number of carbonyl (C=O) groups excluding carboxylic acids is 3. The number of fused-ring (bicyclic) bond motifs is 5. The second-order valence-electron chi connectivity index (χ2n) is 5.20. The van der Waals surface area contributed by atoms with Gasteiger partial charge in [0.05, 0.1) is 23.5 Å². The lowest BCUT2D eigenvalue weighted by Crippen LogP contribution is -2.43. The zero-order valence-electron chi connectivity index (χ0n) is 9.51. The van der Waals surface area contributed by atoms with Crippen molar-refractivity contribution in [3.8, 4) is 0 Å². The highest BCUT2D eigenvalue weighted by molar-refractivity contribution is 6.10. The molecule has 3 aliphatic heterocycles. The zero-order valence-corrected chi connectivity index (χ0v) is 9.51. The Hall–Kier alpha value is -1.43. The predicted molar refractivity (Wildman–Crippen MR) is 55.4 cm³/mol. The minimum Gasteiger partial charge on any atom is -0.373 e. The maximum absolute atomic E-state index is 12.3. The molecule has 2 bridgehead atoms. The minimum atomic E-state index is -0.782. The highest BCUT2D eigenvalue weighted by atomic mass is 16.5. The molecule has 2 N–H and O–H groups in total. The molecule has 3 heterocycles. The number of imide groups is 1. The third-order valence-electron chi connectivity index (χ3n) is 4.29. The van der Waals surface area contributed by atoms with Gasteiger partial charge in [0.1, 0.15) is 6.54 Å². The number of nitrogens with zero attached hydrogens (tertiary/aromatic N) is 1. The molecule has 3 amide bonds. The van der Waals surface area contributed by atoms with Gasteiger partial charge in [-0.05, 0) is 19.8 Å². The van der Waals surface area contributed by atoms with Crippen molar-refractivity contribution in [3.05, 3.63) is 0 Å². The smallest absolute Gasteiger partial charge is 0.239 e. The van der Waals surface area contributed by atoms with Gasteiger partial charge in [-0.2, -0.15) is 0 Å². The highest BCUT2D eigenvalue weighted by Gasteiger charge is 2.70. The van der Waals surface area contributed by atoms with Crippen LogP contribution in [0.4, 0.5) is 0 Å². The van der Waals surface area contributed by atoms with Gasteiger partial charge in [-0.1, -0.05) is 0 Å². The summed E-state index contributed by atoms with van der Waals surface area (Å²) in [6, 6.07) is 0. The molecule has 4 atom stereocenters. The van der Waals surface area contributed by atoms with E-state index in [2.05, 4.69) is 0 Å². The summed E-state index contributed by atoms with van der Waals surface area (Å²) in [5.74, 6) is -1.70. The Morgan fingerprint density at radius 3 is 2.82 bits per heavy atom. The number of ether oxygens (including phenoxy) is 1. The third-order valence-corrected chi connectivity index (χ3v) is 4.29. The molecule has 0 radical (unpaired) electrons. The van der Waals surface area contributed by atoms with E-state index < -0.39 is 17.2 Å². The SMILES string of the molecule is C[C@]12C(=O)N(CC(N)=O)C(=O)[C@H]1[C@@H]1CC[C@H]2O1. The van der Waals surface area contributed by atoms with Gasteiger partial charge in [0.2, 0.25) is 17.7 Å². The Balaban J connectivity index is 1.98. The van der Waals surface area contributed by atoms with Crippen LogP contribution in [0, 0.1) is 11.3 Å². The molecule has 3 fully saturated rings. The van der Waals surface area contributed by atoms with Crippen molar-refractivity contribution in [2.75, 3.05) is 6.54 Å². The second-order valence-corrected chi connectivity index (χ2v) is 5.20. The van der Waals surface area contributed by atoms with Crippen molar-refractivity contribution in [3.63, 3.8) is 0 Å². The largest absolute Gasteiger partial charge is 0.373 e. The van der Waals surface area contributed by atoms with Crippen molar-refractivity contribution in [1.82, 2.24) is 4.90 Å². The molecule has 6 nitrogen and oxygen atoms in total. The average molecular weight is 238 g/mol. The number of likely N-dealkylation sites (tertiary alicyclic amines) is 1. The van der Waals surface area contributed by atoms with E-state index in [0.717, 1.165) is 17.7 Å². The van der Waals surface area contributed by atoms with Crippen molar-refractivity contribution in [2.45, 2.75) is 32.0 Å². The van der Waals surface area contributed by atoms with Crippen molar-refractivity contribution < 1.29 is 19.1 Å². The molecule has 0 saturated carbocycles. The number of carbonyl (C=O) groups is 3. The van der Waals surface area contributed by atoms with E-state index in [1.54, 1.807) is 6.92 Å². The van der Waals surface area contributed by atoms with E-state index in [1.165, 1.54) is 0 Å². The third kappa shape index (κ3) is 1.11. The summed E-state index contributed by atoms with van der Waals surface area (Å²) in [4.78, 5) is 36.3. The normalized spacial score (nSPS) is 43.4. The maximum Gasteiger partial charge on any atom is 0.239 e. The van der Waals surface area contributed by atoms with E-state index >= 15 is 0 Å². The first-order valence-electron chi connectivity index (χ1n) is 5.76. The summed E-state index contributed by atoms with van der Waals surface area (Å²) < 4.78 is 5.65. The summed E-state index contributed by atoms with van der Waals surface area (Å²) in [5.41, 5.74) is 4.28. The highest BCUT2D eigenvalue weighted by Crippen LogP contribution is 2.56. The lowest BCUT2D eigenvalue weighted by molar-refractivity contribution is -0.147. The summed E-state index contributed by atoms with van der Waals surface area (Å²) in [7, 11) is 0. The van der Waals surface area contributed by atoms with Gasteiger partial charge in [0, 0.05) is 0 Å². The molecule has 0 unspecified atom stereocenters. The van der Waals surface area contributed by atoms with Crippen LogP contribution >= 0.6 is 0 Å². The van der Waals surface area contributed by atoms with Crippen LogP contribution in [0.1, 0.15) is 19.8 Å². The van der Waals surface area contributed by atoms with Gasteiger partial charge in [-0.15, -0.1) is 0 Å². The fourth-order valence-electron chi connectivity index (χ4n) is 3.49. The van der Waals surface area contributed by atoms with Crippen LogP contribution in [-0.4, -0.2) is 41.4 Å². The van der Waals surface area contributed by atoms with Gasteiger partial charge < -0.3 is 10.5 Å². The van der Waals surface area contributed by atoms with Crippen LogP contribution in [0.15, 0.2) is 0 Å². The van der Waals surface area contributed by atoms with Crippen molar-refractivity contribution >= 4 is 17.7 Å². The molecule has 3 saturated heterocycles. The average Bonchev–Trinajstić information content (AvgIpc) is 2.87. The first kappa shape index (κ1) is 10.7. The molecule has 0 aromatic rings. The Bertz CT molecular complexity index is 435. The van der Waals surface area contributed by atoms with Crippen LogP contribution in [0.25, 0.3) is 0 Å². The van der Waals surface area contributed by atoms with E-state index in [4.69, 9.17) is 10.5 Å². The van der Waals surface area contributed by atoms with Crippen LogP contribution in [0.5, 0.6) is 0 Å². The Morgan fingerprint density at radius 1 is 1.53 bits per heavy atom. The molecular formula is C11H14N2O4. The molecule has 0 aliphatic carbocycles. The fourth-order valence-corrected chi connectivity index (χ4v) is 3.49. The van der Waals surface area contributed by atoms with Gasteiger partial charge in [-0.3, -0.25) is 19.3 Å². The number of rotatable bonds is 2. The van der Waals surface area contributed by atoms with Crippen molar-refractivity contribution in [1.29, 1.82) is 0 Å². The first-order valence-corrected chi connectivity index (χ1v) is 5.76. The molecule has 17 heavy (non-hydrogen) atoms. The molecule has 0 aromatic carbocycles. The number of amides is 3. The summed E-state index contributed by atoms with van der Waals surface area (Å²) in [6.45, 7) is 1.45. The second kappa shape index (κ2) is 3.07. The van der Waals surface area contributed by atoms with Crippen LogP contribution in [0.3, 0.4) is 0 Å². The van der Waals surface area contributed by atoms with Gasteiger partial charge in [0.15, 0.2) is 0 Å². The molecule has 3 aliphatic rings. The number of nitrogens with two attached hydrogens (primary N) is 1. The molecule has 0 spiro atoms. The maximum atomic E-state index is 12.3. The van der Waals surface area contributed by atoms with E-state index in [1.807, 2.05) is 0 Å². The molecule has 0 aromatic heterocycles. The fraction of sp³-hybridized carbons (Fsp3) is 0.727. The van der Waals surface area contributed by atoms with Gasteiger partial charge in [-0.25, -0.2) is 0 Å². The van der Waals surface area contributed by atoms with Crippen LogP contribution < -0.4 is 5.73 Å². The van der Waals surface area contributed by atoms with Crippen molar-refractivity contribution in [2.24, 2.45) is 17.1 Å². The lowest BCUT2D eigenvalue weighted by atomic mass is 9.69. The molecule has 92 valence electrons. The standard InChI is InChI=1S/C11H14N2O4/c1-11-6-3-2-5(17-6)8(11)9(15)13(10(11)16)4-7(12)14/h5-6,8H,2-4H2,1H3,(H2,12,14)/t5-,6+,8+,11+/m0/s1. The topological polar surface area (TPSA) is 89.7 Å². The van der Waals surface area contributed by atoms with Gasteiger partial charge in [0.25, 0.3) is 0 Å². The van der Waals surface area contributed by atoms with Crippen LogP contribution in [0.2, 0.25) is 0 Å². The minimum absolute atomic E-state index is 0.167.